The number of nitriles is 1. The third-order valence-corrected chi connectivity index (χ3v) is 4.44. The molecule has 0 bridgehead atoms. The number of aromatic nitrogens is 3. The summed E-state index contributed by atoms with van der Waals surface area (Å²) in [6.07, 6.45) is 1.81. The van der Waals surface area contributed by atoms with Crippen molar-refractivity contribution >= 4 is 21.8 Å². The molecule has 2 heterocycles. The summed E-state index contributed by atoms with van der Waals surface area (Å²) in [4.78, 5) is 4.48. The van der Waals surface area contributed by atoms with Crippen LogP contribution in [0.3, 0.4) is 0 Å². The van der Waals surface area contributed by atoms with Crippen LogP contribution in [0.2, 0.25) is 0 Å². The van der Waals surface area contributed by atoms with Gasteiger partial charge in [0.1, 0.15) is 5.69 Å². The highest BCUT2D eigenvalue weighted by molar-refractivity contribution is 6.11. The average Bonchev–Trinajstić information content (AvgIpc) is 3.06. The van der Waals surface area contributed by atoms with E-state index in [1.807, 2.05) is 62.5 Å². The van der Waals surface area contributed by atoms with Crippen molar-refractivity contribution in [2.24, 2.45) is 0 Å². The van der Waals surface area contributed by atoms with Gasteiger partial charge in [-0.15, -0.1) is 0 Å². The molecular weight excluding hydrogens is 296 g/mol. The van der Waals surface area contributed by atoms with E-state index in [9.17, 15) is 5.26 Å². The van der Waals surface area contributed by atoms with Crippen LogP contribution in [0, 0.1) is 11.3 Å². The summed E-state index contributed by atoms with van der Waals surface area (Å²) < 4.78 is 0. The van der Waals surface area contributed by atoms with Crippen LogP contribution in [0.5, 0.6) is 0 Å². The number of hydrogen-bond acceptors (Lipinski definition) is 3. The zero-order valence-corrected chi connectivity index (χ0v) is 13.5. The van der Waals surface area contributed by atoms with E-state index in [-0.39, 0.29) is 0 Å². The number of benzene rings is 2. The minimum atomic E-state index is -0.593. The normalized spacial score (nSPS) is 11.7. The Morgan fingerprint density at radius 2 is 1.79 bits per heavy atom. The summed E-state index contributed by atoms with van der Waals surface area (Å²) in [5.74, 6) is 0. The number of nitrogens with zero attached hydrogens (tertiary/aromatic N) is 3. The predicted molar refractivity (Wildman–Crippen MR) is 95.5 cm³/mol. The summed E-state index contributed by atoms with van der Waals surface area (Å²) in [7, 11) is 0. The molecule has 0 radical (unpaired) electrons. The van der Waals surface area contributed by atoms with Crippen molar-refractivity contribution in [2.45, 2.75) is 19.3 Å². The molecule has 0 saturated heterocycles. The molecule has 0 fully saturated rings. The number of rotatable bonds is 2. The second-order valence-corrected chi connectivity index (χ2v) is 6.42. The molecule has 2 aromatic carbocycles. The molecule has 2 aromatic heterocycles. The number of nitrogens with one attached hydrogen (secondary N) is 1. The third-order valence-electron chi connectivity index (χ3n) is 4.44. The van der Waals surface area contributed by atoms with E-state index in [1.54, 1.807) is 0 Å². The second-order valence-electron chi connectivity index (χ2n) is 6.42. The minimum Gasteiger partial charge on any atom is -0.276 e. The quantitative estimate of drug-likeness (QED) is 0.589. The Bertz CT molecular complexity index is 1100. The fraction of sp³-hybridized carbons (Fsp3) is 0.150. The molecule has 4 rings (SSSR count). The smallest absolute Gasteiger partial charge is 0.101 e. The maximum absolute atomic E-state index is 9.57. The number of H-pyrrole nitrogens is 1. The molecule has 0 saturated carbocycles. The van der Waals surface area contributed by atoms with Crippen LogP contribution in [0.4, 0.5) is 0 Å². The Morgan fingerprint density at radius 3 is 2.62 bits per heavy atom. The monoisotopic (exact) mass is 312 g/mol. The van der Waals surface area contributed by atoms with Gasteiger partial charge in [0.15, 0.2) is 0 Å². The van der Waals surface area contributed by atoms with Crippen LogP contribution in [-0.2, 0) is 5.41 Å². The topological polar surface area (TPSA) is 65.4 Å². The van der Waals surface area contributed by atoms with E-state index in [0.717, 1.165) is 38.6 Å². The number of fused-ring (bicyclic) bond motifs is 3. The lowest BCUT2D eigenvalue weighted by Crippen LogP contribution is -2.15. The molecule has 0 spiro atoms. The molecule has 0 amide bonds. The third kappa shape index (κ3) is 2.06. The summed E-state index contributed by atoms with van der Waals surface area (Å²) in [6.45, 7) is 3.86. The zero-order valence-electron chi connectivity index (χ0n) is 13.5. The standard InChI is InChI=1S/C20H16N4/c1-20(2,12-21)15-9-5-3-7-13(15)19-18-14-8-4-6-10-16(14)22-11-17(18)23-24-19/h3-11H,1-2H3,(H,23,24). The van der Waals surface area contributed by atoms with E-state index in [4.69, 9.17) is 0 Å². The maximum Gasteiger partial charge on any atom is 0.101 e. The van der Waals surface area contributed by atoms with Crippen molar-refractivity contribution in [1.82, 2.24) is 15.2 Å². The van der Waals surface area contributed by atoms with Crippen LogP contribution in [0.1, 0.15) is 19.4 Å². The van der Waals surface area contributed by atoms with E-state index < -0.39 is 5.41 Å². The maximum atomic E-state index is 9.57. The first-order chi connectivity index (χ1) is 11.6. The van der Waals surface area contributed by atoms with Crippen LogP contribution in [-0.4, -0.2) is 15.2 Å². The van der Waals surface area contributed by atoms with Crippen LogP contribution in [0.15, 0.2) is 54.7 Å². The molecule has 4 aromatic rings. The highest BCUT2D eigenvalue weighted by atomic mass is 15.1. The first kappa shape index (κ1) is 14.4. The molecule has 0 aliphatic rings. The van der Waals surface area contributed by atoms with Gasteiger partial charge < -0.3 is 0 Å². The SMILES string of the molecule is CC(C)(C#N)c1ccccc1-c1n[nH]c2cnc3ccccc3c12. The lowest BCUT2D eigenvalue weighted by Gasteiger charge is -2.19. The van der Waals surface area contributed by atoms with E-state index >= 15 is 0 Å². The number of hydrogen-bond donors (Lipinski definition) is 1. The highest BCUT2D eigenvalue weighted by Gasteiger charge is 2.25. The van der Waals surface area contributed by atoms with Gasteiger partial charge in [-0.05, 0) is 25.5 Å². The first-order valence-corrected chi connectivity index (χ1v) is 7.85. The number of pyridine rings is 1. The van der Waals surface area contributed by atoms with Gasteiger partial charge in [0.2, 0.25) is 0 Å². The average molecular weight is 312 g/mol. The molecule has 0 aliphatic carbocycles. The van der Waals surface area contributed by atoms with E-state index in [2.05, 4.69) is 27.3 Å². The number of para-hydroxylation sites is 1. The summed E-state index contributed by atoms with van der Waals surface area (Å²) in [5.41, 5.74) is 4.05. The van der Waals surface area contributed by atoms with Gasteiger partial charge in [0, 0.05) is 16.3 Å². The van der Waals surface area contributed by atoms with Crippen LogP contribution >= 0.6 is 0 Å². The second kappa shape index (κ2) is 5.17. The molecule has 4 heteroatoms. The zero-order chi connectivity index (χ0) is 16.7. The lowest BCUT2D eigenvalue weighted by molar-refractivity contribution is 0.688. The molecule has 116 valence electrons. The first-order valence-electron chi connectivity index (χ1n) is 7.85. The molecule has 0 atom stereocenters. The van der Waals surface area contributed by atoms with Gasteiger partial charge in [-0.3, -0.25) is 10.1 Å². The van der Waals surface area contributed by atoms with Crippen LogP contribution in [0.25, 0.3) is 33.1 Å². The van der Waals surface area contributed by atoms with Gasteiger partial charge in [0.05, 0.1) is 28.7 Å². The molecule has 0 aliphatic heterocycles. The fourth-order valence-electron chi connectivity index (χ4n) is 3.14. The van der Waals surface area contributed by atoms with Gasteiger partial charge in [-0.1, -0.05) is 42.5 Å². The molecule has 4 nitrogen and oxygen atoms in total. The lowest BCUT2D eigenvalue weighted by atomic mass is 9.82. The van der Waals surface area contributed by atoms with Crippen LogP contribution < -0.4 is 0 Å². The Hall–Kier alpha value is -3.19. The molecular formula is C20H16N4. The van der Waals surface area contributed by atoms with E-state index in [1.165, 1.54) is 0 Å². The van der Waals surface area contributed by atoms with Gasteiger partial charge in [-0.2, -0.15) is 10.4 Å². The fourth-order valence-corrected chi connectivity index (χ4v) is 3.14. The predicted octanol–water partition coefficient (Wildman–Crippen LogP) is 4.58. The molecule has 24 heavy (non-hydrogen) atoms. The van der Waals surface area contributed by atoms with Gasteiger partial charge in [0.25, 0.3) is 0 Å². The molecule has 0 unspecified atom stereocenters. The van der Waals surface area contributed by atoms with Crippen molar-refractivity contribution in [3.8, 4) is 17.3 Å². The van der Waals surface area contributed by atoms with Crippen molar-refractivity contribution in [3.05, 3.63) is 60.3 Å². The molecule has 1 N–H and O–H groups in total. The van der Waals surface area contributed by atoms with Crippen molar-refractivity contribution in [3.63, 3.8) is 0 Å². The van der Waals surface area contributed by atoms with Gasteiger partial charge >= 0.3 is 0 Å². The largest absolute Gasteiger partial charge is 0.276 e. The van der Waals surface area contributed by atoms with Crippen molar-refractivity contribution in [1.29, 1.82) is 5.26 Å². The van der Waals surface area contributed by atoms with Gasteiger partial charge in [-0.25, -0.2) is 0 Å². The Morgan fingerprint density at radius 1 is 1.04 bits per heavy atom. The van der Waals surface area contributed by atoms with E-state index in [0.29, 0.717) is 0 Å². The summed E-state index contributed by atoms with van der Waals surface area (Å²) in [6, 6.07) is 18.4. The summed E-state index contributed by atoms with van der Waals surface area (Å²) in [5, 5.41) is 19.3. The Kier molecular flexibility index (Phi) is 3.10. The number of aromatic amines is 1. The summed E-state index contributed by atoms with van der Waals surface area (Å²) >= 11 is 0. The van der Waals surface area contributed by atoms with Crippen molar-refractivity contribution < 1.29 is 0 Å². The Balaban J connectivity index is 2.10. The highest BCUT2D eigenvalue weighted by Crippen LogP contribution is 2.37. The van der Waals surface area contributed by atoms with Crippen molar-refractivity contribution in [2.75, 3.05) is 0 Å². The minimum absolute atomic E-state index is 0.593. The Labute approximate surface area is 139 Å².